The minimum Gasteiger partial charge on any atom is -0.352 e. The second-order valence-electron chi connectivity index (χ2n) is 4.67. The molecule has 0 fully saturated rings. The first-order valence-electron chi connectivity index (χ1n) is 6.27. The van der Waals surface area contributed by atoms with E-state index >= 15 is 0 Å². The fourth-order valence-corrected chi connectivity index (χ4v) is 2.39. The maximum Gasteiger partial charge on any atom is 0.252 e. The molecule has 1 amide bonds. The minimum absolute atomic E-state index is 0.163. The third kappa shape index (κ3) is 4.08. The highest BCUT2D eigenvalue weighted by molar-refractivity contribution is 9.10. The molecule has 1 unspecified atom stereocenters. The number of amides is 1. The van der Waals surface area contributed by atoms with Gasteiger partial charge in [0.15, 0.2) is 0 Å². The topological polar surface area (TPSA) is 46.9 Å². The number of halogens is 2. The van der Waals surface area contributed by atoms with E-state index in [9.17, 15) is 4.79 Å². The molecule has 0 saturated heterocycles. The number of carbonyl (C=O) groups is 1. The van der Waals surface area contributed by atoms with Crippen LogP contribution in [0, 0.1) is 5.92 Å². The van der Waals surface area contributed by atoms with E-state index in [-0.39, 0.29) is 11.8 Å². The number of carbonyl (C=O) groups excluding carboxylic acids is 1. The minimum atomic E-state index is -0.163. The molecule has 4 nitrogen and oxygen atoms in total. The van der Waals surface area contributed by atoms with Crippen LogP contribution in [0.5, 0.6) is 0 Å². The fourth-order valence-electron chi connectivity index (χ4n) is 1.83. The first-order chi connectivity index (χ1) is 9.56. The highest BCUT2D eigenvalue weighted by atomic mass is 79.9. The van der Waals surface area contributed by atoms with Gasteiger partial charge in [0.2, 0.25) is 0 Å². The highest BCUT2D eigenvalue weighted by Gasteiger charge is 2.12. The average Bonchev–Trinajstić information content (AvgIpc) is 2.91. The van der Waals surface area contributed by atoms with Crippen LogP contribution in [0.3, 0.4) is 0 Å². The lowest BCUT2D eigenvalue weighted by molar-refractivity contribution is 0.0946. The Kier molecular flexibility index (Phi) is 5.20. The number of aromatic nitrogens is 2. The van der Waals surface area contributed by atoms with E-state index in [1.165, 1.54) is 0 Å². The summed E-state index contributed by atoms with van der Waals surface area (Å²) in [5.74, 6) is 0.119. The highest BCUT2D eigenvalue weighted by Crippen LogP contribution is 2.20. The molecule has 0 saturated carbocycles. The van der Waals surface area contributed by atoms with Crippen LogP contribution in [-0.4, -0.2) is 22.2 Å². The van der Waals surface area contributed by atoms with Crippen LogP contribution in [0.2, 0.25) is 5.02 Å². The van der Waals surface area contributed by atoms with Crippen molar-refractivity contribution in [2.75, 3.05) is 6.54 Å². The average molecular weight is 357 g/mol. The SMILES string of the molecule is CC(CNC(=O)c1cc(Br)ccc1Cl)Cn1cccn1. The van der Waals surface area contributed by atoms with Crippen molar-refractivity contribution < 1.29 is 4.79 Å². The van der Waals surface area contributed by atoms with Gasteiger partial charge in [-0.05, 0) is 30.2 Å². The molecule has 1 aromatic carbocycles. The lowest BCUT2D eigenvalue weighted by atomic mass is 10.1. The zero-order valence-electron chi connectivity index (χ0n) is 11.0. The van der Waals surface area contributed by atoms with Crippen LogP contribution in [-0.2, 0) is 6.54 Å². The monoisotopic (exact) mass is 355 g/mol. The molecule has 2 aromatic rings. The molecule has 0 aliphatic carbocycles. The third-order valence-corrected chi connectivity index (χ3v) is 3.66. The second-order valence-corrected chi connectivity index (χ2v) is 5.99. The summed E-state index contributed by atoms with van der Waals surface area (Å²) in [5, 5.41) is 7.49. The molecule has 0 spiro atoms. The number of nitrogens with one attached hydrogen (secondary N) is 1. The van der Waals surface area contributed by atoms with Gasteiger partial charge in [-0.15, -0.1) is 0 Å². The summed E-state index contributed by atoms with van der Waals surface area (Å²) in [5.41, 5.74) is 0.479. The molecule has 1 N–H and O–H groups in total. The molecular weight excluding hydrogens is 342 g/mol. The molecular formula is C14H15BrClN3O. The molecule has 20 heavy (non-hydrogen) atoms. The standard InChI is InChI=1S/C14H15BrClN3O/c1-10(9-19-6-2-5-18-19)8-17-14(20)12-7-11(15)3-4-13(12)16/h2-7,10H,8-9H2,1H3,(H,17,20). The van der Waals surface area contributed by atoms with Gasteiger partial charge in [0.25, 0.3) is 5.91 Å². The van der Waals surface area contributed by atoms with Crippen molar-refractivity contribution in [1.82, 2.24) is 15.1 Å². The van der Waals surface area contributed by atoms with E-state index in [1.807, 2.05) is 16.9 Å². The maximum absolute atomic E-state index is 12.1. The van der Waals surface area contributed by atoms with Crippen LogP contribution in [0.1, 0.15) is 17.3 Å². The number of hydrogen-bond donors (Lipinski definition) is 1. The van der Waals surface area contributed by atoms with E-state index < -0.39 is 0 Å². The van der Waals surface area contributed by atoms with Gasteiger partial charge >= 0.3 is 0 Å². The Labute approximate surface area is 131 Å². The summed E-state index contributed by atoms with van der Waals surface area (Å²) in [7, 11) is 0. The van der Waals surface area contributed by atoms with Crippen molar-refractivity contribution in [2.24, 2.45) is 5.92 Å². The van der Waals surface area contributed by atoms with Crippen molar-refractivity contribution in [3.63, 3.8) is 0 Å². The van der Waals surface area contributed by atoms with Gasteiger partial charge in [-0.1, -0.05) is 34.5 Å². The van der Waals surface area contributed by atoms with Crippen LogP contribution < -0.4 is 5.32 Å². The first-order valence-corrected chi connectivity index (χ1v) is 7.44. The smallest absolute Gasteiger partial charge is 0.252 e. The zero-order chi connectivity index (χ0) is 14.5. The van der Waals surface area contributed by atoms with Crippen LogP contribution in [0.15, 0.2) is 41.1 Å². The summed E-state index contributed by atoms with van der Waals surface area (Å²) >= 11 is 9.36. The number of nitrogens with zero attached hydrogens (tertiary/aromatic N) is 2. The number of hydrogen-bond acceptors (Lipinski definition) is 2. The van der Waals surface area contributed by atoms with E-state index in [2.05, 4.69) is 33.3 Å². The maximum atomic E-state index is 12.1. The Hall–Kier alpha value is -1.33. The summed E-state index contributed by atoms with van der Waals surface area (Å²) < 4.78 is 2.68. The lowest BCUT2D eigenvalue weighted by Gasteiger charge is -2.13. The van der Waals surface area contributed by atoms with Crippen molar-refractivity contribution in [1.29, 1.82) is 0 Å². The van der Waals surface area contributed by atoms with E-state index in [1.54, 1.807) is 24.4 Å². The predicted octanol–water partition coefficient (Wildman–Crippen LogP) is 3.37. The van der Waals surface area contributed by atoms with Gasteiger partial charge in [-0.3, -0.25) is 9.48 Å². The van der Waals surface area contributed by atoms with Gasteiger partial charge in [0.05, 0.1) is 10.6 Å². The quantitative estimate of drug-likeness (QED) is 0.893. The van der Waals surface area contributed by atoms with Gasteiger partial charge in [-0.2, -0.15) is 5.10 Å². The molecule has 0 radical (unpaired) electrons. The van der Waals surface area contributed by atoms with E-state index in [4.69, 9.17) is 11.6 Å². The van der Waals surface area contributed by atoms with Crippen molar-refractivity contribution in [2.45, 2.75) is 13.5 Å². The third-order valence-electron chi connectivity index (χ3n) is 2.84. The van der Waals surface area contributed by atoms with Gasteiger partial charge in [0.1, 0.15) is 0 Å². The van der Waals surface area contributed by atoms with Gasteiger partial charge in [0, 0.05) is 30.0 Å². The summed E-state index contributed by atoms with van der Waals surface area (Å²) in [6.45, 7) is 3.39. The lowest BCUT2D eigenvalue weighted by Crippen LogP contribution is -2.30. The fraction of sp³-hybridized carbons (Fsp3) is 0.286. The first kappa shape index (κ1) is 15.1. The van der Waals surface area contributed by atoms with E-state index in [0.717, 1.165) is 11.0 Å². The van der Waals surface area contributed by atoms with Crippen LogP contribution in [0.4, 0.5) is 0 Å². The van der Waals surface area contributed by atoms with Crippen molar-refractivity contribution >= 4 is 33.4 Å². The van der Waals surface area contributed by atoms with Crippen LogP contribution in [0.25, 0.3) is 0 Å². The van der Waals surface area contributed by atoms with Gasteiger partial charge < -0.3 is 5.32 Å². The molecule has 0 aliphatic rings. The molecule has 106 valence electrons. The Morgan fingerprint density at radius 3 is 3.05 bits per heavy atom. The number of rotatable bonds is 5. The number of benzene rings is 1. The zero-order valence-corrected chi connectivity index (χ0v) is 13.4. The molecule has 2 rings (SSSR count). The largest absolute Gasteiger partial charge is 0.352 e. The molecule has 0 aliphatic heterocycles. The Balaban J connectivity index is 1.90. The molecule has 1 heterocycles. The summed E-state index contributed by atoms with van der Waals surface area (Å²) in [4.78, 5) is 12.1. The van der Waals surface area contributed by atoms with Crippen LogP contribution >= 0.6 is 27.5 Å². The van der Waals surface area contributed by atoms with Gasteiger partial charge in [-0.25, -0.2) is 0 Å². The molecule has 1 aromatic heterocycles. The summed E-state index contributed by atoms with van der Waals surface area (Å²) in [6.07, 6.45) is 3.65. The van der Waals surface area contributed by atoms with Crippen molar-refractivity contribution in [3.05, 3.63) is 51.7 Å². The molecule has 1 atom stereocenters. The van der Waals surface area contributed by atoms with E-state index in [0.29, 0.717) is 17.1 Å². The molecule has 0 bridgehead atoms. The Morgan fingerprint density at radius 2 is 2.35 bits per heavy atom. The summed E-state index contributed by atoms with van der Waals surface area (Å²) in [6, 6.07) is 7.11. The Morgan fingerprint density at radius 1 is 1.55 bits per heavy atom. The van der Waals surface area contributed by atoms with Crippen molar-refractivity contribution in [3.8, 4) is 0 Å². The second kappa shape index (κ2) is 6.90. The Bertz CT molecular complexity index is 586. The molecule has 6 heteroatoms. The predicted molar refractivity (Wildman–Crippen MR) is 82.9 cm³/mol. The normalized spacial score (nSPS) is 12.2.